The van der Waals surface area contributed by atoms with Gasteiger partial charge in [-0.15, -0.1) is 0 Å². The van der Waals surface area contributed by atoms with Gasteiger partial charge in [0.15, 0.2) is 0 Å². The SMILES string of the molecule is COCCCNC(=O)c1ccccc1NC(=O)CN(c1ccc(C)c(Cl)c1)S(=O)(=O)c1ccc(C)cc1. The molecule has 0 bridgehead atoms. The van der Waals surface area contributed by atoms with Gasteiger partial charge >= 0.3 is 0 Å². The Bertz CT molecular complexity index is 1360. The monoisotopic (exact) mass is 543 g/mol. The third-order valence-corrected chi connectivity index (χ3v) is 7.79. The summed E-state index contributed by atoms with van der Waals surface area (Å²) in [4.78, 5) is 25.9. The summed E-state index contributed by atoms with van der Waals surface area (Å²) in [5.74, 6) is -0.978. The number of benzene rings is 3. The van der Waals surface area contributed by atoms with Gasteiger partial charge in [-0.1, -0.05) is 47.5 Å². The highest BCUT2D eigenvalue weighted by Crippen LogP contribution is 2.28. The number of methoxy groups -OCH3 is 1. The summed E-state index contributed by atoms with van der Waals surface area (Å²) in [7, 11) is -2.53. The van der Waals surface area contributed by atoms with Gasteiger partial charge in [0.1, 0.15) is 6.54 Å². The highest BCUT2D eigenvalue weighted by atomic mass is 35.5. The number of hydrogen-bond acceptors (Lipinski definition) is 5. The average Bonchev–Trinajstić information content (AvgIpc) is 2.87. The normalized spacial score (nSPS) is 11.1. The van der Waals surface area contributed by atoms with E-state index in [1.165, 1.54) is 18.2 Å². The topological polar surface area (TPSA) is 105 Å². The van der Waals surface area contributed by atoms with Crippen LogP contribution in [0.5, 0.6) is 0 Å². The molecular formula is C27H30ClN3O5S. The Morgan fingerprint density at radius 3 is 2.38 bits per heavy atom. The molecule has 37 heavy (non-hydrogen) atoms. The maximum atomic E-state index is 13.6. The first-order chi connectivity index (χ1) is 17.6. The molecule has 0 aromatic heterocycles. The van der Waals surface area contributed by atoms with E-state index >= 15 is 0 Å². The first kappa shape index (κ1) is 28.2. The number of para-hydroxylation sites is 1. The number of carbonyl (C=O) groups is 2. The first-order valence-electron chi connectivity index (χ1n) is 11.6. The molecule has 3 aromatic carbocycles. The summed E-state index contributed by atoms with van der Waals surface area (Å²) >= 11 is 6.28. The van der Waals surface area contributed by atoms with Gasteiger partial charge < -0.3 is 15.4 Å². The van der Waals surface area contributed by atoms with Crippen LogP contribution in [0, 0.1) is 13.8 Å². The Labute approximate surface area is 222 Å². The Kier molecular flexibility index (Phi) is 9.68. The molecule has 0 unspecified atom stereocenters. The lowest BCUT2D eigenvalue weighted by molar-refractivity contribution is -0.114. The van der Waals surface area contributed by atoms with Crippen molar-refractivity contribution in [3.8, 4) is 0 Å². The smallest absolute Gasteiger partial charge is 0.264 e. The van der Waals surface area contributed by atoms with Crippen molar-refractivity contribution in [3.63, 3.8) is 0 Å². The van der Waals surface area contributed by atoms with Crippen LogP contribution in [-0.4, -0.2) is 47.0 Å². The van der Waals surface area contributed by atoms with E-state index in [1.807, 2.05) is 6.92 Å². The predicted octanol–water partition coefficient (Wildman–Crippen LogP) is 4.56. The number of aryl methyl sites for hydroxylation is 2. The van der Waals surface area contributed by atoms with Crippen molar-refractivity contribution in [1.82, 2.24) is 5.32 Å². The lowest BCUT2D eigenvalue weighted by Gasteiger charge is -2.25. The number of nitrogens with one attached hydrogen (secondary N) is 2. The Morgan fingerprint density at radius 1 is 1.00 bits per heavy atom. The number of amides is 2. The molecule has 2 amide bonds. The van der Waals surface area contributed by atoms with Gasteiger partial charge in [-0.2, -0.15) is 0 Å². The van der Waals surface area contributed by atoms with Crippen molar-refractivity contribution in [2.45, 2.75) is 25.2 Å². The fourth-order valence-electron chi connectivity index (χ4n) is 3.51. The van der Waals surface area contributed by atoms with Crippen LogP contribution in [0.25, 0.3) is 0 Å². The molecular weight excluding hydrogens is 514 g/mol. The van der Waals surface area contributed by atoms with E-state index in [9.17, 15) is 18.0 Å². The molecule has 0 aliphatic carbocycles. The number of carbonyl (C=O) groups excluding carboxylic acids is 2. The molecule has 196 valence electrons. The highest BCUT2D eigenvalue weighted by Gasteiger charge is 2.28. The van der Waals surface area contributed by atoms with Crippen LogP contribution in [0.4, 0.5) is 11.4 Å². The Balaban J connectivity index is 1.88. The summed E-state index contributed by atoms with van der Waals surface area (Å²) in [6, 6.07) is 17.7. The van der Waals surface area contributed by atoms with Crippen LogP contribution < -0.4 is 14.9 Å². The summed E-state index contributed by atoms with van der Waals surface area (Å²) in [5, 5.41) is 5.85. The summed E-state index contributed by atoms with van der Waals surface area (Å²) in [6.45, 7) is 4.04. The maximum Gasteiger partial charge on any atom is 0.264 e. The second-order valence-electron chi connectivity index (χ2n) is 8.45. The van der Waals surface area contributed by atoms with Gasteiger partial charge in [-0.3, -0.25) is 13.9 Å². The average molecular weight is 544 g/mol. The van der Waals surface area contributed by atoms with Gasteiger partial charge in [-0.25, -0.2) is 8.42 Å². The molecule has 3 rings (SSSR count). The molecule has 3 aromatic rings. The van der Waals surface area contributed by atoms with Crippen LogP contribution in [-0.2, 0) is 19.6 Å². The third-order valence-electron chi connectivity index (χ3n) is 5.60. The van der Waals surface area contributed by atoms with Crippen molar-refractivity contribution in [2.24, 2.45) is 0 Å². The van der Waals surface area contributed by atoms with E-state index in [-0.39, 0.29) is 27.7 Å². The summed E-state index contributed by atoms with van der Waals surface area (Å²) in [5.41, 5.74) is 2.45. The maximum absolute atomic E-state index is 13.6. The van der Waals surface area contributed by atoms with Gasteiger partial charge in [0, 0.05) is 25.3 Å². The van der Waals surface area contributed by atoms with Crippen LogP contribution >= 0.6 is 11.6 Å². The molecule has 0 spiro atoms. The van der Waals surface area contributed by atoms with E-state index in [0.717, 1.165) is 15.4 Å². The van der Waals surface area contributed by atoms with Crippen molar-refractivity contribution < 1.29 is 22.7 Å². The summed E-state index contributed by atoms with van der Waals surface area (Å²) < 4.78 is 33.2. The van der Waals surface area contributed by atoms with Crippen molar-refractivity contribution in [1.29, 1.82) is 0 Å². The minimum Gasteiger partial charge on any atom is -0.385 e. The number of nitrogens with zero attached hydrogens (tertiary/aromatic N) is 1. The molecule has 10 heteroatoms. The first-order valence-corrected chi connectivity index (χ1v) is 13.5. The molecule has 0 aliphatic rings. The highest BCUT2D eigenvalue weighted by molar-refractivity contribution is 7.92. The predicted molar refractivity (Wildman–Crippen MR) is 146 cm³/mol. The molecule has 0 saturated heterocycles. The zero-order valence-electron chi connectivity index (χ0n) is 21.0. The Hall–Kier alpha value is -3.40. The number of sulfonamides is 1. The molecule has 0 heterocycles. The number of rotatable bonds is 11. The second-order valence-corrected chi connectivity index (χ2v) is 10.7. The van der Waals surface area contributed by atoms with Crippen LogP contribution in [0.15, 0.2) is 71.6 Å². The van der Waals surface area contributed by atoms with Gasteiger partial charge in [0.25, 0.3) is 15.9 Å². The molecule has 0 radical (unpaired) electrons. The third kappa shape index (κ3) is 7.31. The van der Waals surface area contributed by atoms with E-state index in [2.05, 4.69) is 10.6 Å². The quantitative estimate of drug-likeness (QED) is 0.345. The molecule has 0 saturated carbocycles. The number of halogens is 1. The van der Waals surface area contributed by atoms with Crippen LogP contribution in [0.3, 0.4) is 0 Å². The Morgan fingerprint density at radius 2 is 1.70 bits per heavy atom. The number of ether oxygens (including phenoxy) is 1. The lowest BCUT2D eigenvalue weighted by Crippen LogP contribution is -2.38. The van der Waals surface area contributed by atoms with Crippen molar-refractivity contribution >= 4 is 44.8 Å². The van der Waals surface area contributed by atoms with Crippen molar-refractivity contribution in [3.05, 3.63) is 88.4 Å². The van der Waals surface area contributed by atoms with E-state index in [1.54, 1.807) is 62.6 Å². The largest absolute Gasteiger partial charge is 0.385 e. The fraction of sp³-hybridized carbons (Fsp3) is 0.259. The number of hydrogen-bond donors (Lipinski definition) is 2. The number of anilines is 2. The zero-order chi connectivity index (χ0) is 27.0. The van der Waals surface area contributed by atoms with E-state index in [4.69, 9.17) is 16.3 Å². The van der Waals surface area contributed by atoms with Gasteiger partial charge in [0.05, 0.1) is 21.8 Å². The molecule has 0 fully saturated rings. The van der Waals surface area contributed by atoms with Crippen LogP contribution in [0.2, 0.25) is 5.02 Å². The summed E-state index contributed by atoms with van der Waals surface area (Å²) in [6.07, 6.45) is 0.641. The lowest BCUT2D eigenvalue weighted by atomic mass is 10.1. The fourth-order valence-corrected chi connectivity index (χ4v) is 5.10. The standard InChI is InChI=1S/C27H30ClN3O5S/c1-19-9-13-22(14-10-19)37(34,35)31(21-12-11-20(2)24(28)17-21)18-26(32)30-25-8-5-4-7-23(25)27(33)29-15-6-16-36-3/h4-5,7-14,17H,6,15-16,18H2,1-3H3,(H,29,33)(H,30,32). The molecule has 0 aliphatic heterocycles. The zero-order valence-corrected chi connectivity index (χ0v) is 22.5. The second kappa shape index (κ2) is 12.7. The van der Waals surface area contributed by atoms with Crippen molar-refractivity contribution in [2.75, 3.05) is 36.4 Å². The minimum absolute atomic E-state index is 0.0402. The minimum atomic E-state index is -4.11. The van der Waals surface area contributed by atoms with Gasteiger partial charge in [0.2, 0.25) is 5.91 Å². The van der Waals surface area contributed by atoms with Crippen LogP contribution in [0.1, 0.15) is 27.9 Å². The van der Waals surface area contributed by atoms with Gasteiger partial charge in [-0.05, 0) is 62.2 Å². The molecule has 0 atom stereocenters. The van der Waals surface area contributed by atoms with E-state index < -0.39 is 22.5 Å². The van der Waals surface area contributed by atoms with E-state index in [0.29, 0.717) is 24.6 Å². The molecule has 8 nitrogen and oxygen atoms in total. The molecule has 2 N–H and O–H groups in total.